The number of carboxylic acid groups (broad SMARTS) is 1. The second kappa shape index (κ2) is 3.68. The van der Waals surface area contributed by atoms with E-state index in [1.165, 1.54) is 0 Å². The quantitative estimate of drug-likeness (QED) is 0.641. The van der Waals surface area contributed by atoms with Crippen LogP contribution in [0.25, 0.3) is 0 Å². The summed E-state index contributed by atoms with van der Waals surface area (Å²) in [7, 11) is 0. The van der Waals surface area contributed by atoms with Gasteiger partial charge in [0.25, 0.3) is 0 Å². The Bertz CT molecular complexity index is 494. The van der Waals surface area contributed by atoms with Gasteiger partial charge in [-0.25, -0.2) is 9.78 Å². The van der Waals surface area contributed by atoms with Crippen LogP contribution in [0, 0.1) is 0 Å². The standard InChI is InChI=1S/C13H12O4/c14-12(15)6-8-13-7-5-11(16-17-13)9-3-1-2-4-10(9)13/h1-5,7,11H,6,8H2,(H,14,15). The molecule has 2 atom stereocenters. The number of carboxylic acids is 1. The summed E-state index contributed by atoms with van der Waals surface area (Å²) in [5.41, 5.74) is 1.34. The van der Waals surface area contributed by atoms with Gasteiger partial charge in [0.1, 0.15) is 11.7 Å². The minimum absolute atomic E-state index is 0.0483. The van der Waals surface area contributed by atoms with Crippen molar-refractivity contribution in [3.63, 3.8) is 0 Å². The lowest BCUT2D eigenvalue weighted by atomic mass is 9.79. The largest absolute Gasteiger partial charge is 0.481 e. The van der Waals surface area contributed by atoms with Crippen LogP contribution < -0.4 is 0 Å². The van der Waals surface area contributed by atoms with Crippen LogP contribution in [-0.2, 0) is 20.2 Å². The summed E-state index contributed by atoms with van der Waals surface area (Å²) in [5, 5.41) is 8.79. The molecule has 2 bridgehead atoms. The molecule has 0 saturated carbocycles. The van der Waals surface area contributed by atoms with Gasteiger partial charge < -0.3 is 5.11 Å². The van der Waals surface area contributed by atoms with Crippen molar-refractivity contribution in [2.24, 2.45) is 0 Å². The highest BCUT2D eigenvalue weighted by Crippen LogP contribution is 2.47. The Labute approximate surface area is 98.4 Å². The normalized spacial score (nSPS) is 29.1. The predicted octanol–water partition coefficient (Wildman–Crippen LogP) is 2.32. The Morgan fingerprint density at radius 3 is 2.94 bits per heavy atom. The Morgan fingerprint density at radius 1 is 1.41 bits per heavy atom. The van der Waals surface area contributed by atoms with E-state index in [0.29, 0.717) is 6.42 Å². The number of hydrogen-bond acceptors (Lipinski definition) is 3. The monoisotopic (exact) mass is 232 g/mol. The fourth-order valence-electron chi connectivity index (χ4n) is 2.41. The minimum atomic E-state index is -0.832. The van der Waals surface area contributed by atoms with Crippen LogP contribution in [0.2, 0.25) is 0 Å². The molecule has 4 rings (SSSR count). The summed E-state index contributed by atoms with van der Waals surface area (Å²) in [5.74, 6) is -0.832. The van der Waals surface area contributed by atoms with Crippen LogP contribution in [0.5, 0.6) is 0 Å². The van der Waals surface area contributed by atoms with Gasteiger partial charge in [-0.2, -0.15) is 0 Å². The molecule has 1 N–H and O–H groups in total. The Balaban J connectivity index is 2.01. The van der Waals surface area contributed by atoms with Gasteiger partial charge in [-0.1, -0.05) is 24.3 Å². The molecule has 2 aliphatic heterocycles. The molecule has 1 aromatic carbocycles. The smallest absolute Gasteiger partial charge is 0.303 e. The first-order chi connectivity index (χ1) is 8.21. The fraction of sp³-hybridized carbons (Fsp3) is 0.308. The minimum Gasteiger partial charge on any atom is -0.481 e. The summed E-state index contributed by atoms with van der Waals surface area (Å²) < 4.78 is 0. The molecular weight excluding hydrogens is 220 g/mol. The van der Waals surface area contributed by atoms with Crippen LogP contribution in [-0.4, -0.2) is 11.1 Å². The number of rotatable bonds is 3. The second-order valence-corrected chi connectivity index (χ2v) is 4.33. The number of aliphatic carboxylic acids is 1. The van der Waals surface area contributed by atoms with Crippen molar-refractivity contribution in [2.45, 2.75) is 24.5 Å². The SMILES string of the molecule is O=C(O)CCC12C=CC(OO1)c1ccccc12. The van der Waals surface area contributed by atoms with Crippen molar-refractivity contribution in [3.05, 3.63) is 47.5 Å². The number of carbonyl (C=O) groups is 1. The van der Waals surface area contributed by atoms with Gasteiger partial charge in [0.15, 0.2) is 0 Å². The molecule has 3 aliphatic rings. The molecule has 0 spiro atoms. The maximum Gasteiger partial charge on any atom is 0.303 e. The first-order valence-electron chi connectivity index (χ1n) is 5.56. The van der Waals surface area contributed by atoms with E-state index in [1.807, 2.05) is 36.4 Å². The van der Waals surface area contributed by atoms with Crippen LogP contribution >= 0.6 is 0 Å². The summed E-state index contributed by atoms with van der Waals surface area (Å²) in [6.07, 6.45) is 4.09. The Hall–Kier alpha value is -1.65. The van der Waals surface area contributed by atoms with Crippen molar-refractivity contribution >= 4 is 5.97 Å². The van der Waals surface area contributed by atoms with Gasteiger partial charge in [0, 0.05) is 6.42 Å². The highest BCUT2D eigenvalue weighted by molar-refractivity contribution is 5.67. The second-order valence-electron chi connectivity index (χ2n) is 4.33. The third-order valence-corrected chi connectivity index (χ3v) is 3.27. The van der Waals surface area contributed by atoms with Gasteiger partial charge in [-0.15, -0.1) is 0 Å². The van der Waals surface area contributed by atoms with Crippen molar-refractivity contribution < 1.29 is 19.7 Å². The van der Waals surface area contributed by atoms with E-state index in [0.717, 1.165) is 11.1 Å². The summed E-state index contributed by atoms with van der Waals surface area (Å²) >= 11 is 0. The lowest BCUT2D eigenvalue weighted by Gasteiger charge is -2.41. The summed E-state index contributed by atoms with van der Waals surface area (Å²) in [6.45, 7) is 0. The highest BCUT2D eigenvalue weighted by atomic mass is 17.2. The van der Waals surface area contributed by atoms with E-state index >= 15 is 0 Å². The average molecular weight is 232 g/mol. The van der Waals surface area contributed by atoms with Crippen LogP contribution in [0.4, 0.5) is 0 Å². The van der Waals surface area contributed by atoms with Crippen molar-refractivity contribution in [1.29, 1.82) is 0 Å². The first-order valence-corrected chi connectivity index (χ1v) is 5.56. The molecule has 4 nitrogen and oxygen atoms in total. The zero-order chi connectivity index (χ0) is 11.9. The molecule has 1 aliphatic carbocycles. The molecule has 1 aromatic rings. The number of hydrogen-bond donors (Lipinski definition) is 1. The molecular formula is C13H12O4. The maximum atomic E-state index is 10.7. The number of fused-ring (bicyclic) bond motifs is 1. The van der Waals surface area contributed by atoms with Crippen molar-refractivity contribution in [1.82, 2.24) is 0 Å². The number of benzene rings is 1. The average Bonchev–Trinajstić information content (AvgIpc) is 2.38. The molecule has 0 aromatic heterocycles. The van der Waals surface area contributed by atoms with Crippen molar-refractivity contribution in [3.8, 4) is 0 Å². The molecule has 2 heterocycles. The Kier molecular flexibility index (Phi) is 2.28. The van der Waals surface area contributed by atoms with Crippen LogP contribution in [0.1, 0.15) is 30.1 Å². The molecule has 0 amide bonds. The molecule has 0 saturated heterocycles. The topological polar surface area (TPSA) is 55.8 Å². The van der Waals surface area contributed by atoms with E-state index in [9.17, 15) is 4.79 Å². The van der Waals surface area contributed by atoms with Gasteiger partial charge in [-0.3, -0.25) is 4.79 Å². The lowest BCUT2D eigenvalue weighted by Crippen LogP contribution is -2.38. The summed E-state index contributed by atoms with van der Waals surface area (Å²) in [6, 6.07) is 7.83. The lowest BCUT2D eigenvalue weighted by molar-refractivity contribution is -0.392. The van der Waals surface area contributed by atoms with Crippen LogP contribution in [0.3, 0.4) is 0 Å². The van der Waals surface area contributed by atoms with E-state index in [-0.39, 0.29) is 12.5 Å². The van der Waals surface area contributed by atoms with Gasteiger partial charge in [0.2, 0.25) is 0 Å². The van der Waals surface area contributed by atoms with Crippen molar-refractivity contribution in [2.75, 3.05) is 0 Å². The molecule has 0 fully saturated rings. The molecule has 17 heavy (non-hydrogen) atoms. The van der Waals surface area contributed by atoms with E-state index in [4.69, 9.17) is 14.9 Å². The molecule has 4 heteroatoms. The maximum absolute atomic E-state index is 10.7. The predicted molar refractivity (Wildman–Crippen MR) is 59.0 cm³/mol. The van der Waals surface area contributed by atoms with E-state index in [2.05, 4.69) is 0 Å². The highest BCUT2D eigenvalue weighted by Gasteiger charge is 2.44. The third kappa shape index (κ3) is 1.57. The van der Waals surface area contributed by atoms with E-state index < -0.39 is 11.6 Å². The van der Waals surface area contributed by atoms with E-state index in [1.54, 1.807) is 0 Å². The molecule has 88 valence electrons. The van der Waals surface area contributed by atoms with Crippen LogP contribution in [0.15, 0.2) is 36.4 Å². The summed E-state index contributed by atoms with van der Waals surface area (Å²) in [4.78, 5) is 21.4. The molecule has 0 radical (unpaired) electrons. The van der Waals surface area contributed by atoms with Gasteiger partial charge >= 0.3 is 5.97 Å². The zero-order valence-electron chi connectivity index (χ0n) is 9.13. The Morgan fingerprint density at radius 2 is 2.24 bits per heavy atom. The third-order valence-electron chi connectivity index (χ3n) is 3.27. The fourth-order valence-corrected chi connectivity index (χ4v) is 2.41. The molecule has 2 unspecified atom stereocenters. The first kappa shape index (κ1) is 10.5. The van der Waals surface area contributed by atoms with Gasteiger partial charge in [-0.05, 0) is 29.7 Å². The zero-order valence-corrected chi connectivity index (χ0v) is 9.13. The van der Waals surface area contributed by atoms with Gasteiger partial charge in [0.05, 0.1) is 0 Å².